The lowest BCUT2D eigenvalue weighted by atomic mass is 10.2. The summed E-state index contributed by atoms with van der Waals surface area (Å²) in [5.41, 5.74) is 0.334. The van der Waals surface area contributed by atoms with Gasteiger partial charge in [0, 0.05) is 11.8 Å². The maximum atomic E-state index is 12.7. The summed E-state index contributed by atoms with van der Waals surface area (Å²) in [6.07, 6.45) is 1.43. The Morgan fingerprint density at radius 2 is 1.94 bits per heavy atom. The monoisotopic (exact) mass is 251 g/mol. The third-order valence-electron chi connectivity index (χ3n) is 1.97. The summed E-state index contributed by atoms with van der Waals surface area (Å²) in [6.45, 7) is 0. The molecule has 0 aliphatic rings. The molecule has 86 valence electrons. The molecule has 0 aliphatic carbocycles. The minimum Gasteiger partial charge on any atom is -0.306 e. The zero-order valence-corrected chi connectivity index (χ0v) is 9.28. The largest absolute Gasteiger partial charge is 0.306 e. The molecular formula is C11H7ClFN3O. The zero-order valence-electron chi connectivity index (χ0n) is 8.52. The third kappa shape index (κ3) is 2.98. The number of carbonyl (C=O) groups excluding carboxylic acids is 1. The summed E-state index contributed by atoms with van der Waals surface area (Å²) in [6, 6.07) is 6.69. The zero-order chi connectivity index (χ0) is 12.3. The molecule has 0 atom stereocenters. The van der Waals surface area contributed by atoms with Gasteiger partial charge in [-0.25, -0.2) is 14.4 Å². The van der Waals surface area contributed by atoms with Crippen LogP contribution in [-0.4, -0.2) is 15.9 Å². The van der Waals surface area contributed by atoms with Crippen molar-refractivity contribution >= 4 is 23.3 Å². The van der Waals surface area contributed by atoms with E-state index in [1.807, 2.05) is 0 Å². The summed E-state index contributed by atoms with van der Waals surface area (Å²) in [5, 5.41) is 2.56. The van der Waals surface area contributed by atoms with Crippen LogP contribution >= 0.6 is 11.6 Å². The number of benzene rings is 1. The van der Waals surface area contributed by atoms with Crippen LogP contribution in [0.1, 0.15) is 10.4 Å². The molecule has 0 aliphatic heterocycles. The Balaban J connectivity index is 2.14. The maximum Gasteiger partial charge on any atom is 0.256 e. The van der Waals surface area contributed by atoms with Crippen molar-refractivity contribution in [3.63, 3.8) is 0 Å². The van der Waals surface area contributed by atoms with Crippen molar-refractivity contribution in [2.24, 2.45) is 0 Å². The Morgan fingerprint density at radius 3 is 2.59 bits per heavy atom. The van der Waals surface area contributed by atoms with Crippen molar-refractivity contribution in [2.45, 2.75) is 0 Å². The van der Waals surface area contributed by atoms with Gasteiger partial charge in [0.05, 0.1) is 0 Å². The summed E-state index contributed by atoms with van der Waals surface area (Å²) in [4.78, 5) is 19.2. The van der Waals surface area contributed by atoms with Gasteiger partial charge in [-0.1, -0.05) is 0 Å². The highest BCUT2D eigenvalue weighted by Gasteiger charge is 2.07. The molecule has 0 spiro atoms. The first-order valence-corrected chi connectivity index (χ1v) is 5.08. The van der Waals surface area contributed by atoms with Gasteiger partial charge in [0.1, 0.15) is 11.6 Å². The van der Waals surface area contributed by atoms with E-state index in [-0.39, 0.29) is 11.2 Å². The molecule has 1 heterocycles. The second-order valence-electron chi connectivity index (χ2n) is 3.17. The van der Waals surface area contributed by atoms with Crippen LogP contribution in [0.25, 0.3) is 0 Å². The van der Waals surface area contributed by atoms with E-state index in [9.17, 15) is 9.18 Å². The number of halogens is 2. The number of amides is 1. The lowest BCUT2D eigenvalue weighted by Gasteiger charge is -2.03. The fraction of sp³-hybridized carbons (Fsp3) is 0. The molecule has 6 heteroatoms. The lowest BCUT2D eigenvalue weighted by Crippen LogP contribution is -2.13. The van der Waals surface area contributed by atoms with Crippen LogP contribution in [0.5, 0.6) is 0 Å². The van der Waals surface area contributed by atoms with Gasteiger partial charge >= 0.3 is 0 Å². The Labute approximate surface area is 101 Å². The van der Waals surface area contributed by atoms with Crippen molar-refractivity contribution in [1.29, 1.82) is 0 Å². The van der Waals surface area contributed by atoms with Crippen LogP contribution in [0.3, 0.4) is 0 Å². The minimum absolute atomic E-state index is 0.0434. The fourth-order valence-corrected chi connectivity index (χ4v) is 1.34. The summed E-state index contributed by atoms with van der Waals surface area (Å²) < 4.78 is 12.7. The number of rotatable bonds is 2. The normalized spacial score (nSPS) is 10.0. The van der Waals surface area contributed by atoms with Crippen LogP contribution in [0, 0.1) is 5.82 Å². The molecule has 2 rings (SSSR count). The van der Waals surface area contributed by atoms with Crippen LogP contribution < -0.4 is 5.32 Å². The van der Waals surface area contributed by atoms with Crippen LogP contribution in [0.15, 0.2) is 36.5 Å². The Kier molecular flexibility index (Phi) is 3.30. The number of hydrogen-bond acceptors (Lipinski definition) is 3. The van der Waals surface area contributed by atoms with Crippen molar-refractivity contribution in [3.05, 3.63) is 53.2 Å². The highest BCUT2D eigenvalue weighted by molar-refractivity contribution is 6.28. The van der Waals surface area contributed by atoms with E-state index >= 15 is 0 Å². The van der Waals surface area contributed by atoms with Crippen molar-refractivity contribution < 1.29 is 9.18 Å². The van der Waals surface area contributed by atoms with Gasteiger partial charge in [-0.2, -0.15) is 0 Å². The van der Waals surface area contributed by atoms with E-state index in [4.69, 9.17) is 11.6 Å². The van der Waals surface area contributed by atoms with E-state index in [1.54, 1.807) is 0 Å². The highest BCUT2D eigenvalue weighted by atomic mass is 35.5. The molecule has 0 saturated heterocycles. The molecule has 17 heavy (non-hydrogen) atoms. The molecule has 4 nitrogen and oxygen atoms in total. The minimum atomic E-state index is -0.397. The van der Waals surface area contributed by atoms with E-state index in [0.29, 0.717) is 11.4 Å². The van der Waals surface area contributed by atoms with Gasteiger partial charge in [0.15, 0.2) is 0 Å². The van der Waals surface area contributed by atoms with Gasteiger partial charge in [0.25, 0.3) is 5.91 Å². The van der Waals surface area contributed by atoms with E-state index in [2.05, 4.69) is 15.3 Å². The number of nitrogens with one attached hydrogen (secondary N) is 1. The van der Waals surface area contributed by atoms with Gasteiger partial charge in [-0.15, -0.1) is 0 Å². The molecule has 0 saturated carbocycles. The summed E-state index contributed by atoms with van der Waals surface area (Å²) in [7, 11) is 0. The first-order valence-electron chi connectivity index (χ1n) is 4.70. The molecule has 1 aromatic carbocycles. The number of nitrogens with zero attached hydrogens (tertiary/aromatic N) is 2. The van der Waals surface area contributed by atoms with Gasteiger partial charge in [-0.3, -0.25) is 4.79 Å². The topological polar surface area (TPSA) is 54.9 Å². The predicted molar refractivity (Wildman–Crippen MR) is 61.4 cm³/mol. The number of hydrogen-bond donors (Lipinski definition) is 1. The van der Waals surface area contributed by atoms with Gasteiger partial charge in [-0.05, 0) is 41.9 Å². The van der Waals surface area contributed by atoms with Crippen LogP contribution in [0.2, 0.25) is 5.28 Å². The van der Waals surface area contributed by atoms with E-state index in [0.717, 1.165) is 0 Å². The predicted octanol–water partition coefficient (Wildman–Crippen LogP) is 2.52. The number of aromatic nitrogens is 2. The molecule has 1 amide bonds. The molecule has 1 aromatic heterocycles. The second kappa shape index (κ2) is 4.88. The van der Waals surface area contributed by atoms with E-state index in [1.165, 1.54) is 36.5 Å². The van der Waals surface area contributed by atoms with Crippen LogP contribution in [-0.2, 0) is 0 Å². The first kappa shape index (κ1) is 11.5. The van der Waals surface area contributed by atoms with Crippen molar-refractivity contribution in [3.8, 4) is 0 Å². The quantitative estimate of drug-likeness (QED) is 0.835. The second-order valence-corrected chi connectivity index (χ2v) is 3.51. The smallest absolute Gasteiger partial charge is 0.256 e. The van der Waals surface area contributed by atoms with Gasteiger partial charge < -0.3 is 5.32 Å². The molecule has 0 radical (unpaired) electrons. The Morgan fingerprint density at radius 1 is 1.24 bits per heavy atom. The van der Waals surface area contributed by atoms with Crippen LogP contribution in [0.4, 0.5) is 10.2 Å². The average molecular weight is 252 g/mol. The molecular weight excluding hydrogens is 245 g/mol. The summed E-state index contributed by atoms with van der Waals surface area (Å²) in [5.74, 6) is -0.495. The molecule has 2 aromatic rings. The highest BCUT2D eigenvalue weighted by Crippen LogP contribution is 2.09. The molecule has 1 N–H and O–H groups in total. The SMILES string of the molecule is O=C(Nc1ccnc(Cl)n1)c1ccc(F)cc1. The molecule has 0 unspecified atom stereocenters. The number of anilines is 1. The fourth-order valence-electron chi connectivity index (χ4n) is 1.19. The molecule has 0 bridgehead atoms. The Hall–Kier alpha value is -2.01. The lowest BCUT2D eigenvalue weighted by molar-refractivity contribution is 0.102. The van der Waals surface area contributed by atoms with Crippen molar-refractivity contribution in [1.82, 2.24) is 9.97 Å². The standard InChI is InChI=1S/C11H7ClFN3O/c12-11-14-6-5-9(16-11)15-10(17)7-1-3-8(13)4-2-7/h1-6H,(H,14,15,16,17). The third-order valence-corrected chi connectivity index (χ3v) is 2.16. The van der Waals surface area contributed by atoms with Gasteiger partial charge in [0.2, 0.25) is 5.28 Å². The maximum absolute atomic E-state index is 12.7. The Bertz CT molecular complexity index is 545. The first-order chi connectivity index (χ1) is 8.15. The molecule has 0 fully saturated rings. The average Bonchev–Trinajstić information content (AvgIpc) is 2.29. The summed E-state index contributed by atoms with van der Waals surface area (Å²) >= 11 is 5.57. The van der Waals surface area contributed by atoms with E-state index < -0.39 is 5.82 Å². The number of carbonyl (C=O) groups is 1. The van der Waals surface area contributed by atoms with Crippen molar-refractivity contribution in [2.75, 3.05) is 5.32 Å².